The minimum atomic E-state index is 0.00946. The van der Waals surface area contributed by atoms with Gasteiger partial charge in [0.15, 0.2) is 0 Å². The molecule has 2 unspecified atom stereocenters. The number of rotatable bonds is 3. The summed E-state index contributed by atoms with van der Waals surface area (Å²) in [5, 5.41) is 4.93. The normalized spacial score (nSPS) is 21.1. The molecule has 4 nitrogen and oxygen atoms in total. The van der Waals surface area contributed by atoms with Gasteiger partial charge in [0.2, 0.25) is 0 Å². The highest BCUT2D eigenvalue weighted by Crippen LogP contribution is 2.27. The number of carbonyl (C=O) groups excluding carboxylic acids is 1. The molecule has 1 fully saturated rings. The molecule has 1 aliphatic rings. The van der Waals surface area contributed by atoms with Crippen LogP contribution in [0.2, 0.25) is 5.15 Å². The van der Waals surface area contributed by atoms with Gasteiger partial charge in [0, 0.05) is 13.1 Å². The van der Waals surface area contributed by atoms with Crippen LogP contribution in [0.1, 0.15) is 41.9 Å². The maximum atomic E-state index is 13.0. The van der Waals surface area contributed by atoms with E-state index in [9.17, 15) is 4.79 Å². The lowest BCUT2D eigenvalue weighted by molar-refractivity contribution is 0.0622. The second kappa shape index (κ2) is 6.98. The molecule has 1 amide bonds. The highest BCUT2D eigenvalue weighted by Gasteiger charge is 2.30. The molecular weight excluding hydrogens is 322 g/mol. The summed E-state index contributed by atoms with van der Waals surface area (Å²) in [7, 11) is 0. The van der Waals surface area contributed by atoms with Crippen LogP contribution in [0.25, 0.3) is 0 Å². The molecule has 2 heterocycles. The fourth-order valence-corrected chi connectivity index (χ4v) is 3.96. The number of aromatic nitrogens is 2. The third-order valence-corrected chi connectivity index (χ3v) is 4.99. The number of carbonyl (C=O) groups is 1. The van der Waals surface area contributed by atoms with Crippen molar-refractivity contribution >= 4 is 17.5 Å². The Hall–Kier alpha value is -1.81. The van der Waals surface area contributed by atoms with E-state index < -0.39 is 0 Å². The number of aryl methyl sites for hydroxylation is 1. The van der Waals surface area contributed by atoms with Gasteiger partial charge in [0.05, 0.1) is 17.8 Å². The van der Waals surface area contributed by atoms with E-state index in [1.54, 1.807) is 4.68 Å². The Kier molecular flexibility index (Phi) is 4.95. The van der Waals surface area contributed by atoms with Crippen LogP contribution < -0.4 is 0 Å². The summed E-state index contributed by atoms with van der Waals surface area (Å²) in [6.45, 7) is 8.41. The van der Waals surface area contributed by atoms with Gasteiger partial charge >= 0.3 is 0 Å². The summed E-state index contributed by atoms with van der Waals surface area (Å²) < 4.78 is 1.72. The van der Waals surface area contributed by atoms with E-state index in [1.165, 1.54) is 6.42 Å². The average Bonchev–Trinajstić information content (AvgIpc) is 2.81. The molecule has 128 valence electrons. The topological polar surface area (TPSA) is 38.1 Å². The quantitative estimate of drug-likeness (QED) is 0.843. The molecular formula is C19H24ClN3O. The first-order chi connectivity index (χ1) is 11.5. The van der Waals surface area contributed by atoms with Gasteiger partial charge in [-0.25, -0.2) is 4.68 Å². The Morgan fingerprint density at radius 1 is 1.21 bits per heavy atom. The van der Waals surface area contributed by atoms with Gasteiger partial charge < -0.3 is 4.90 Å². The second-order valence-electron chi connectivity index (χ2n) is 7.05. The number of benzene rings is 1. The lowest BCUT2D eigenvalue weighted by atomic mass is 9.91. The Labute approximate surface area is 148 Å². The highest BCUT2D eigenvalue weighted by atomic mass is 35.5. The molecule has 0 saturated carbocycles. The van der Waals surface area contributed by atoms with Crippen molar-refractivity contribution in [3.8, 4) is 0 Å². The molecule has 3 rings (SSSR count). The van der Waals surface area contributed by atoms with Crippen LogP contribution in [0.5, 0.6) is 0 Å². The fraction of sp³-hybridized carbons (Fsp3) is 0.474. The van der Waals surface area contributed by atoms with Gasteiger partial charge in [0.1, 0.15) is 5.15 Å². The zero-order chi connectivity index (χ0) is 17.3. The van der Waals surface area contributed by atoms with Crippen LogP contribution in [0.4, 0.5) is 0 Å². The van der Waals surface area contributed by atoms with Crippen LogP contribution >= 0.6 is 11.6 Å². The first-order valence-electron chi connectivity index (χ1n) is 8.51. The second-order valence-corrected chi connectivity index (χ2v) is 7.41. The largest absolute Gasteiger partial charge is 0.338 e. The van der Waals surface area contributed by atoms with Crippen molar-refractivity contribution in [1.29, 1.82) is 0 Å². The summed E-state index contributed by atoms with van der Waals surface area (Å²) >= 11 is 6.52. The number of halogens is 1. The number of likely N-dealkylation sites (tertiary alicyclic amines) is 1. The number of nitrogens with zero attached hydrogens (tertiary/aromatic N) is 3. The maximum absolute atomic E-state index is 13.0. The van der Waals surface area contributed by atoms with Crippen molar-refractivity contribution in [2.75, 3.05) is 13.1 Å². The van der Waals surface area contributed by atoms with Gasteiger partial charge in [-0.15, -0.1) is 0 Å². The van der Waals surface area contributed by atoms with E-state index >= 15 is 0 Å². The molecule has 5 heteroatoms. The molecule has 0 bridgehead atoms. The summed E-state index contributed by atoms with van der Waals surface area (Å²) in [4.78, 5) is 14.9. The van der Waals surface area contributed by atoms with E-state index in [2.05, 4.69) is 18.9 Å². The van der Waals surface area contributed by atoms with Crippen LogP contribution in [-0.4, -0.2) is 33.7 Å². The summed E-state index contributed by atoms with van der Waals surface area (Å²) in [6, 6.07) is 10.0. The Bertz CT molecular complexity index is 716. The maximum Gasteiger partial charge on any atom is 0.258 e. The van der Waals surface area contributed by atoms with Crippen molar-refractivity contribution in [3.63, 3.8) is 0 Å². The van der Waals surface area contributed by atoms with Crippen molar-refractivity contribution in [3.05, 3.63) is 52.3 Å². The first kappa shape index (κ1) is 17.0. The molecule has 0 spiro atoms. The molecule has 1 aromatic carbocycles. The highest BCUT2D eigenvalue weighted by molar-refractivity contribution is 6.33. The summed E-state index contributed by atoms with van der Waals surface area (Å²) in [5.41, 5.74) is 2.36. The van der Waals surface area contributed by atoms with Gasteiger partial charge in [-0.05, 0) is 30.7 Å². The predicted molar refractivity (Wildman–Crippen MR) is 96.4 cm³/mol. The smallest absolute Gasteiger partial charge is 0.258 e. The molecule has 0 aliphatic carbocycles. The molecule has 1 saturated heterocycles. The van der Waals surface area contributed by atoms with E-state index in [4.69, 9.17) is 11.6 Å². The van der Waals surface area contributed by atoms with E-state index in [1.807, 2.05) is 42.2 Å². The standard InChI is InChI=1S/C19H24ClN3O/c1-13-9-14(2)11-22(10-13)19(24)17-15(3)21-23(18(17)20)12-16-7-5-4-6-8-16/h4-8,13-14H,9-12H2,1-3H3. The van der Waals surface area contributed by atoms with Gasteiger partial charge in [-0.3, -0.25) is 4.79 Å². The fourth-order valence-electron chi connectivity index (χ4n) is 3.64. The third kappa shape index (κ3) is 3.48. The minimum absolute atomic E-state index is 0.00946. The molecule has 2 aromatic rings. The number of hydrogen-bond acceptors (Lipinski definition) is 2. The van der Waals surface area contributed by atoms with E-state index in [0.717, 1.165) is 18.7 Å². The zero-order valence-electron chi connectivity index (χ0n) is 14.5. The molecule has 1 aliphatic heterocycles. The van der Waals surface area contributed by atoms with Crippen LogP contribution in [0.3, 0.4) is 0 Å². The number of amides is 1. The van der Waals surface area contributed by atoms with Crippen molar-refractivity contribution in [1.82, 2.24) is 14.7 Å². The molecule has 24 heavy (non-hydrogen) atoms. The van der Waals surface area contributed by atoms with Crippen LogP contribution in [0, 0.1) is 18.8 Å². The zero-order valence-corrected chi connectivity index (χ0v) is 15.3. The van der Waals surface area contributed by atoms with Crippen LogP contribution in [0.15, 0.2) is 30.3 Å². The van der Waals surface area contributed by atoms with Crippen molar-refractivity contribution < 1.29 is 4.79 Å². The minimum Gasteiger partial charge on any atom is -0.338 e. The Morgan fingerprint density at radius 3 is 2.46 bits per heavy atom. The summed E-state index contributed by atoms with van der Waals surface area (Å²) in [5.74, 6) is 1.06. The molecule has 0 radical (unpaired) electrons. The van der Waals surface area contributed by atoms with E-state index in [0.29, 0.717) is 34.8 Å². The molecule has 2 atom stereocenters. The monoisotopic (exact) mass is 345 g/mol. The number of piperidine rings is 1. The Morgan fingerprint density at radius 2 is 1.83 bits per heavy atom. The van der Waals surface area contributed by atoms with Crippen molar-refractivity contribution in [2.45, 2.75) is 33.7 Å². The predicted octanol–water partition coefficient (Wildman–Crippen LogP) is 4.01. The summed E-state index contributed by atoms with van der Waals surface area (Å²) in [6.07, 6.45) is 1.17. The van der Waals surface area contributed by atoms with Gasteiger partial charge in [-0.2, -0.15) is 5.10 Å². The van der Waals surface area contributed by atoms with E-state index in [-0.39, 0.29) is 5.91 Å². The number of hydrogen-bond donors (Lipinski definition) is 0. The van der Waals surface area contributed by atoms with Crippen molar-refractivity contribution in [2.24, 2.45) is 11.8 Å². The first-order valence-corrected chi connectivity index (χ1v) is 8.89. The van der Waals surface area contributed by atoms with Gasteiger partial charge in [-0.1, -0.05) is 55.8 Å². The lowest BCUT2D eigenvalue weighted by Crippen LogP contribution is -2.42. The molecule has 0 N–H and O–H groups in total. The Balaban J connectivity index is 1.84. The average molecular weight is 346 g/mol. The lowest BCUT2D eigenvalue weighted by Gasteiger charge is -2.35. The van der Waals surface area contributed by atoms with Crippen LogP contribution in [-0.2, 0) is 6.54 Å². The molecule has 1 aromatic heterocycles. The SMILES string of the molecule is Cc1nn(Cc2ccccc2)c(Cl)c1C(=O)N1CC(C)CC(C)C1. The van der Waals surface area contributed by atoms with Gasteiger partial charge in [0.25, 0.3) is 5.91 Å². The third-order valence-electron chi connectivity index (χ3n) is 4.61.